The molecule has 0 bridgehead atoms. The predicted molar refractivity (Wildman–Crippen MR) is 69.4 cm³/mol. The summed E-state index contributed by atoms with van der Waals surface area (Å²) in [6.45, 7) is 3.47. The number of carbonyl (C=O) groups excluding carboxylic acids is 2. The maximum Gasteiger partial charge on any atom is 0.251 e. The number of aliphatic hydroxyl groups excluding tert-OH is 1. The fourth-order valence-corrected chi connectivity index (χ4v) is 1.40. The minimum Gasteiger partial charge on any atom is -0.391 e. The number of anilines is 1. The highest BCUT2D eigenvalue weighted by Gasteiger charge is 2.08. The monoisotopic (exact) mass is 250 g/mol. The fraction of sp³-hybridized carbons (Fsp3) is 0.385. The molecule has 0 fully saturated rings. The molecule has 0 aliphatic carbocycles. The molecule has 0 aliphatic rings. The molecule has 0 spiro atoms. The normalized spacial score (nSPS) is 11.7. The lowest BCUT2D eigenvalue weighted by Gasteiger charge is -2.10. The summed E-state index contributed by atoms with van der Waals surface area (Å²) in [7, 11) is 0. The van der Waals surface area contributed by atoms with E-state index in [4.69, 9.17) is 0 Å². The number of rotatable bonds is 5. The van der Waals surface area contributed by atoms with E-state index < -0.39 is 6.10 Å². The first kappa shape index (κ1) is 14.2. The molecule has 0 heterocycles. The minimum atomic E-state index is -0.535. The van der Waals surface area contributed by atoms with Crippen LogP contribution in [0.4, 0.5) is 5.69 Å². The van der Waals surface area contributed by atoms with E-state index in [1.165, 1.54) is 6.92 Å². The molecular weight excluding hydrogens is 232 g/mol. The van der Waals surface area contributed by atoms with Gasteiger partial charge in [0.2, 0.25) is 5.91 Å². The van der Waals surface area contributed by atoms with Gasteiger partial charge >= 0.3 is 0 Å². The zero-order chi connectivity index (χ0) is 13.5. The molecule has 18 heavy (non-hydrogen) atoms. The second-order valence-electron chi connectivity index (χ2n) is 4.03. The predicted octanol–water partition coefficient (Wildman–Crippen LogP) is 1.15. The van der Waals surface area contributed by atoms with Crippen LogP contribution in [-0.4, -0.2) is 29.6 Å². The molecule has 0 aromatic heterocycles. The van der Waals surface area contributed by atoms with E-state index in [1.807, 2.05) is 6.92 Å². The molecule has 1 rings (SSSR count). The van der Waals surface area contributed by atoms with Crippen LogP contribution >= 0.6 is 0 Å². The molecule has 0 saturated heterocycles. The van der Waals surface area contributed by atoms with Gasteiger partial charge in [-0.25, -0.2) is 0 Å². The minimum absolute atomic E-state index is 0.186. The third-order valence-electron chi connectivity index (χ3n) is 2.41. The van der Waals surface area contributed by atoms with E-state index >= 15 is 0 Å². The highest BCUT2D eigenvalue weighted by atomic mass is 16.3. The second-order valence-corrected chi connectivity index (χ2v) is 4.03. The van der Waals surface area contributed by atoms with E-state index in [0.29, 0.717) is 17.7 Å². The molecule has 5 nitrogen and oxygen atoms in total. The first-order valence-electron chi connectivity index (χ1n) is 5.86. The van der Waals surface area contributed by atoms with Crippen molar-refractivity contribution in [3.63, 3.8) is 0 Å². The lowest BCUT2D eigenvalue weighted by atomic mass is 10.2. The van der Waals surface area contributed by atoms with E-state index in [2.05, 4.69) is 10.6 Å². The molecule has 1 unspecified atom stereocenters. The Hall–Kier alpha value is -1.88. The molecule has 0 saturated carbocycles. The highest BCUT2D eigenvalue weighted by Crippen LogP contribution is 2.10. The summed E-state index contributed by atoms with van der Waals surface area (Å²) >= 11 is 0. The van der Waals surface area contributed by atoms with Gasteiger partial charge in [-0.1, -0.05) is 13.0 Å². The Kier molecular flexibility index (Phi) is 5.32. The van der Waals surface area contributed by atoms with Gasteiger partial charge in [0.15, 0.2) is 0 Å². The summed E-state index contributed by atoms with van der Waals surface area (Å²) in [6.07, 6.45) is 0.0548. The van der Waals surface area contributed by atoms with E-state index in [9.17, 15) is 14.7 Å². The fourth-order valence-electron chi connectivity index (χ4n) is 1.40. The van der Waals surface area contributed by atoms with Crippen molar-refractivity contribution in [1.29, 1.82) is 0 Å². The Morgan fingerprint density at radius 2 is 2.11 bits per heavy atom. The van der Waals surface area contributed by atoms with Gasteiger partial charge in [0.1, 0.15) is 0 Å². The lowest BCUT2D eigenvalue weighted by Crippen LogP contribution is -2.31. The Morgan fingerprint density at radius 1 is 1.39 bits per heavy atom. The van der Waals surface area contributed by atoms with Crippen molar-refractivity contribution in [2.24, 2.45) is 0 Å². The molecular formula is C13H18N2O3. The number of nitrogens with one attached hydrogen (secondary N) is 2. The van der Waals surface area contributed by atoms with Gasteiger partial charge in [-0.15, -0.1) is 0 Å². The average Bonchev–Trinajstić information content (AvgIpc) is 2.35. The summed E-state index contributed by atoms with van der Waals surface area (Å²) in [5.41, 5.74) is 1.02. The van der Waals surface area contributed by atoms with Crippen molar-refractivity contribution in [3.8, 4) is 0 Å². The molecule has 98 valence electrons. The largest absolute Gasteiger partial charge is 0.391 e. The van der Waals surface area contributed by atoms with Gasteiger partial charge in [0, 0.05) is 24.7 Å². The molecule has 0 aliphatic heterocycles. The van der Waals surface area contributed by atoms with Gasteiger partial charge in [-0.3, -0.25) is 9.59 Å². The molecule has 1 aromatic rings. The number of hydrogen-bond donors (Lipinski definition) is 3. The Bertz CT molecular complexity index is 432. The SMILES string of the molecule is CCC(O)CNC(=O)c1cccc(NC(C)=O)c1. The van der Waals surface area contributed by atoms with Crippen LogP contribution in [0.5, 0.6) is 0 Å². The number of aliphatic hydroxyl groups is 1. The number of hydrogen-bond acceptors (Lipinski definition) is 3. The second kappa shape index (κ2) is 6.76. The zero-order valence-electron chi connectivity index (χ0n) is 10.6. The quantitative estimate of drug-likeness (QED) is 0.733. The first-order chi connectivity index (χ1) is 8.52. The van der Waals surface area contributed by atoms with Crippen molar-refractivity contribution >= 4 is 17.5 Å². The van der Waals surface area contributed by atoms with Crippen molar-refractivity contribution in [1.82, 2.24) is 5.32 Å². The van der Waals surface area contributed by atoms with Crippen LogP contribution in [0.15, 0.2) is 24.3 Å². The van der Waals surface area contributed by atoms with Crippen LogP contribution < -0.4 is 10.6 Å². The zero-order valence-corrected chi connectivity index (χ0v) is 10.6. The summed E-state index contributed by atoms with van der Waals surface area (Å²) in [6, 6.07) is 6.64. The maximum absolute atomic E-state index is 11.8. The topological polar surface area (TPSA) is 78.4 Å². The molecule has 3 N–H and O–H groups in total. The molecule has 0 radical (unpaired) electrons. The van der Waals surface area contributed by atoms with Crippen LogP contribution in [0.2, 0.25) is 0 Å². The number of amides is 2. The van der Waals surface area contributed by atoms with E-state index in [1.54, 1.807) is 24.3 Å². The molecule has 5 heteroatoms. The van der Waals surface area contributed by atoms with Gasteiger partial charge in [-0.2, -0.15) is 0 Å². The van der Waals surface area contributed by atoms with Crippen molar-refractivity contribution in [3.05, 3.63) is 29.8 Å². The standard InChI is InChI=1S/C13H18N2O3/c1-3-12(17)8-14-13(18)10-5-4-6-11(7-10)15-9(2)16/h4-7,12,17H,3,8H2,1-2H3,(H,14,18)(H,15,16). The van der Waals surface area contributed by atoms with Gasteiger partial charge < -0.3 is 15.7 Å². The third-order valence-corrected chi connectivity index (χ3v) is 2.41. The maximum atomic E-state index is 11.8. The Balaban J connectivity index is 2.65. The summed E-state index contributed by atoms with van der Waals surface area (Å²) in [5, 5.41) is 14.6. The Labute approximate surface area is 106 Å². The van der Waals surface area contributed by atoms with Crippen LogP contribution in [0.3, 0.4) is 0 Å². The smallest absolute Gasteiger partial charge is 0.251 e. The molecule has 2 amide bonds. The van der Waals surface area contributed by atoms with Crippen molar-refractivity contribution in [2.45, 2.75) is 26.4 Å². The molecule has 1 aromatic carbocycles. The van der Waals surface area contributed by atoms with Gasteiger partial charge in [0.25, 0.3) is 5.91 Å². The lowest BCUT2D eigenvalue weighted by molar-refractivity contribution is -0.114. The summed E-state index contributed by atoms with van der Waals surface area (Å²) in [5.74, 6) is -0.455. The van der Waals surface area contributed by atoms with Crippen molar-refractivity contribution in [2.75, 3.05) is 11.9 Å². The summed E-state index contributed by atoms with van der Waals surface area (Å²) in [4.78, 5) is 22.7. The molecule has 1 atom stereocenters. The van der Waals surface area contributed by atoms with Gasteiger partial charge in [-0.05, 0) is 24.6 Å². The highest BCUT2D eigenvalue weighted by molar-refractivity contribution is 5.96. The number of benzene rings is 1. The average molecular weight is 250 g/mol. The third kappa shape index (κ3) is 4.55. The van der Waals surface area contributed by atoms with Crippen LogP contribution in [0.1, 0.15) is 30.6 Å². The van der Waals surface area contributed by atoms with Crippen LogP contribution in [0.25, 0.3) is 0 Å². The number of carbonyl (C=O) groups is 2. The van der Waals surface area contributed by atoms with Gasteiger partial charge in [0.05, 0.1) is 6.10 Å². The Morgan fingerprint density at radius 3 is 2.72 bits per heavy atom. The van der Waals surface area contributed by atoms with Crippen LogP contribution in [-0.2, 0) is 4.79 Å². The summed E-state index contributed by atoms with van der Waals surface area (Å²) < 4.78 is 0. The van der Waals surface area contributed by atoms with E-state index in [-0.39, 0.29) is 18.4 Å². The van der Waals surface area contributed by atoms with Crippen LogP contribution in [0, 0.1) is 0 Å². The van der Waals surface area contributed by atoms with E-state index in [0.717, 1.165) is 0 Å². The first-order valence-corrected chi connectivity index (χ1v) is 5.86. The van der Waals surface area contributed by atoms with Crippen molar-refractivity contribution < 1.29 is 14.7 Å².